The highest BCUT2D eigenvalue weighted by Gasteiger charge is 2.28. The molecule has 0 aliphatic carbocycles. The molecule has 1 heterocycles. The topological polar surface area (TPSA) is 75.9 Å². The molecule has 14 heavy (non-hydrogen) atoms. The Labute approximate surface area is 84.1 Å². The third-order valence-electron chi connectivity index (χ3n) is 1.77. The van der Waals surface area contributed by atoms with E-state index < -0.39 is 17.9 Å². The predicted octanol–water partition coefficient (Wildman–Crippen LogP) is 2.22. The van der Waals surface area contributed by atoms with Crippen LogP contribution in [0.25, 0.3) is 0 Å². The summed E-state index contributed by atoms with van der Waals surface area (Å²) in [4.78, 5) is 32.5. The molecule has 0 saturated carbocycles. The Morgan fingerprint density at radius 3 is 2.57 bits per heavy atom. The first-order chi connectivity index (χ1) is 6.70. The summed E-state index contributed by atoms with van der Waals surface area (Å²) in [6.07, 6.45) is 0. The van der Waals surface area contributed by atoms with E-state index >= 15 is 0 Å². The van der Waals surface area contributed by atoms with Gasteiger partial charge in [0.15, 0.2) is 6.04 Å². The lowest BCUT2D eigenvalue weighted by molar-refractivity contribution is 0.0957. The van der Waals surface area contributed by atoms with Crippen LogP contribution in [0.1, 0.15) is 16.6 Å². The molecule has 0 aliphatic rings. The van der Waals surface area contributed by atoms with Gasteiger partial charge in [0.2, 0.25) is 5.78 Å². The minimum atomic E-state index is -1.20. The molecule has 2 atom stereocenters. The van der Waals surface area contributed by atoms with Gasteiger partial charge >= 0.3 is 0 Å². The Morgan fingerprint density at radius 2 is 2.14 bits per heavy atom. The number of Topliss-reactive ketones (excluding diaryl/α,β-unsaturated/α-hetero) is 1. The Morgan fingerprint density at radius 1 is 1.43 bits per heavy atom. The van der Waals surface area contributed by atoms with E-state index in [1.54, 1.807) is 17.5 Å². The summed E-state index contributed by atoms with van der Waals surface area (Å²) in [6.45, 7) is 1.39. The minimum Gasteiger partial charge on any atom is -0.291 e. The first kappa shape index (κ1) is 10.6. The highest BCUT2D eigenvalue weighted by Crippen LogP contribution is 2.16. The molecule has 0 aromatic carbocycles. The van der Waals surface area contributed by atoms with Crippen molar-refractivity contribution in [2.24, 2.45) is 10.4 Å². The van der Waals surface area contributed by atoms with Crippen molar-refractivity contribution in [2.75, 3.05) is 0 Å². The van der Waals surface area contributed by atoms with Gasteiger partial charge in [-0.05, 0) is 18.4 Å². The summed E-state index contributed by atoms with van der Waals surface area (Å²) in [7, 11) is 0. The second kappa shape index (κ2) is 4.71. The van der Waals surface area contributed by atoms with Crippen molar-refractivity contribution in [3.8, 4) is 0 Å². The van der Waals surface area contributed by atoms with Crippen LogP contribution in [0.3, 0.4) is 0 Å². The third-order valence-corrected chi connectivity index (χ3v) is 2.65. The summed E-state index contributed by atoms with van der Waals surface area (Å²) in [6, 6.07) is 1.16. The number of hydrogen-bond acceptors (Lipinski definition) is 6. The average molecular weight is 212 g/mol. The van der Waals surface area contributed by atoms with Crippen LogP contribution in [-0.2, 0) is 0 Å². The van der Waals surface area contributed by atoms with Crippen molar-refractivity contribution in [3.63, 3.8) is 0 Å². The van der Waals surface area contributed by atoms with Crippen molar-refractivity contribution in [1.82, 2.24) is 0 Å². The number of thiophene rings is 1. The molecule has 0 spiro atoms. The number of nitroso groups, excluding NO2 is 2. The Kier molecular flexibility index (Phi) is 3.58. The van der Waals surface area contributed by atoms with Gasteiger partial charge in [0.1, 0.15) is 6.04 Å². The molecule has 0 N–H and O–H groups in total. The second-order valence-corrected chi connectivity index (χ2v) is 3.69. The van der Waals surface area contributed by atoms with Gasteiger partial charge in [0.25, 0.3) is 0 Å². The van der Waals surface area contributed by atoms with Gasteiger partial charge in [-0.15, -0.1) is 16.2 Å². The molecule has 6 heteroatoms. The molecule has 1 rings (SSSR count). The first-order valence-electron chi connectivity index (χ1n) is 3.93. The molecular formula is C8H8N2O3S. The fourth-order valence-corrected chi connectivity index (χ4v) is 1.67. The van der Waals surface area contributed by atoms with Crippen LogP contribution in [0.4, 0.5) is 0 Å². The van der Waals surface area contributed by atoms with Crippen molar-refractivity contribution in [2.45, 2.75) is 19.0 Å². The monoisotopic (exact) mass is 212 g/mol. The van der Waals surface area contributed by atoms with Gasteiger partial charge in [-0.25, -0.2) is 0 Å². The zero-order valence-corrected chi connectivity index (χ0v) is 8.23. The molecule has 1 aromatic heterocycles. The number of nitrogens with zero attached hydrogens (tertiary/aromatic N) is 2. The number of carbonyl (C=O) groups is 1. The SMILES string of the molecule is CC(N=O)C(N=O)C(=O)c1cccs1. The molecule has 0 amide bonds. The summed E-state index contributed by atoms with van der Waals surface area (Å²) in [5.41, 5.74) is 0. The summed E-state index contributed by atoms with van der Waals surface area (Å²) in [5.74, 6) is -0.443. The lowest BCUT2D eigenvalue weighted by atomic mass is 10.1. The van der Waals surface area contributed by atoms with Crippen LogP contribution >= 0.6 is 11.3 Å². The van der Waals surface area contributed by atoms with E-state index in [2.05, 4.69) is 10.4 Å². The zero-order chi connectivity index (χ0) is 10.6. The average Bonchev–Trinajstić information content (AvgIpc) is 2.71. The molecule has 0 saturated heterocycles. The van der Waals surface area contributed by atoms with E-state index in [1.807, 2.05) is 0 Å². The number of ketones is 1. The quantitative estimate of drug-likeness (QED) is 0.554. The molecule has 5 nitrogen and oxygen atoms in total. The van der Waals surface area contributed by atoms with Crippen LogP contribution in [0, 0.1) is 9.81 Å². The van der Waals surface area contributed by atoms with E-state index in [-0.39, 0.29) is 0 Å². The van der Waals surface area contributed by atoms with Crippen molar-refractivity contribution < 1.29 is 4.79 Å². The van der Waals surface area contributed by atoms with Crippen LogP contribution in [0.5, 0.6) is 0 Å². The van der Waals surface area contributed by atoms with Crippen molar-refractivity contribution in [3.05, 3.63) is 32.2 Å². The Bertz CT molecular complexity index is 336. The van der Waals surface area contributed by atoms with Crippen LogP contribution in [0.15, 0.2) is 27.9 Å². The highest BCUT2D eigenvalue weighted by molar-refractivity contribution is 7.12. The third kappa shape index (κ3) is 2.08. The minimum absolute atomic E-state index is 0.421. The van der Waals surface area contributed by atoms with E-state index in [4.69, 9.17) is 0 Å². The van der Waals surface area contributed by atoms with E-state index in [0.29, 0.717) is 4.88 Å². The lowest BCUT2D eigenvalue weighted by Gasteiger charge is -2.07. The van der Waals surface area contributed by atoms with Crippen LogP contribution < -0.4 is 0 Å². The van der Waals surface area contributed by atoms with E-state index in [9.17, 15) is 14.6 Å². The molecule has 2 unspecified atom stereocenters. The lowest BCUT2D eigenvalue weighted by Crippen LogP contribution is -2.27. The maximum atomic E-state index is 11.6. The highest BCUT2D eigenvalue weighted by atomic mass is 32.1. The molecule has 74 valence electrons. The zero-order valence-electron chi connectivity index (χ0n) is 7.41. The van der Waals surface area contributed by atoms with E-state index in [1.165, 1.54) is 18.3 Å². The largest absolute Gasteiger partial charge is 0.291 e. The van der Waals surface area contributed by atoms with Gasteiger partial charge in [0.05, 0.1) is 4.88 Å². The maximum absolute atomic E-state index is 11.6. The number of carbonyl (C=O) groups excluding carboxylic acids is 1. The van der Waals surface area contributed by atoms with E-state index in [0.717, 1.165) is 0 Å². The first-order valence-corrected chi connectivity index (χ1v) is 4.81. The molecular weight excluding hydrogens is 204 g/mol. The number of rotatable bonds is 5. The fraction of sp³-hybridized carbons (Fsp3) is 0.375. The predicted molar refractivity (Wildman–Crippen MR) is 53.5 cm³/mol. The Balaban J connectivity index is 2.86. The summed E-state index contributed by atoms with van der Waals surface area (Å²) >= 11 is 1.21. The molecule has 0 fully saturated rings. The van der Waals surface area contributed by atoms with Gasteiger partial charge < -0.3 is 0 Å². The fourth-order valence-electron chi connectivity index (χ4n) is 0.977. The van der Waals surface area contributed by atoms with Crippen molar-refractivity contribution in [1.29, 1.82) is 0 Å². The van der Waals surface area contributed by atoms with Crippen LogP contribution in [0.2, 0.25) is 0 Å². The van der Waals surface area contributed by atoms with Crippen molar-refractivity contribution >= 4 is 17.1 Å². The molecule has 0 radical (unpaired) electrons. The maximum Gasteiger partial charge on any atom is 0.203 e. The normalized spacial score (nSPS) is 14.4. The standard InChI is InChI=1S/C8H8N2O3S/c1-5(9-12)7(10-13)8(11)6-3-2-4-14-6/h2-5,7H,1H3. The number of hydrogen-bond donors (Lipinski definition) is 0. The van der Waals surface area contributed by atoms with Gasteiger partial charge in [0, 0.05) is 0 Å². The molecule has 0 aliphatic heterocycles. The van der Waals surface area contributed by atoms with Gasteiger partial charge in [-0.2, -0.15) is 4.91 Å². The Hall–Kier alpha value is -1.43. The van der Waals surface area contributed by atoms with Gasteiger partial charge in [-0.3, -0.25) is 4.79 Å². The summed E-state index contributed by atoms with van der Waals surface area (Å²) in [5, 5.41) is 6.98. The van der Waals surface area contributed by atoms with Crippen LogP contribution in [-0.4, -0.2) is 17.9 Å². The smallest absolute Gasteiger partial charge is 0.203 e. The second-order valence-electron chi connectivity index (χ2n) is 2.74. The molecule has 1 aromatic rings. The summed E-state index contributed by atoms with van der Waals surface area (Å²) < 4.78 is 0. The molecule has 0 bridgehead atoms. The van der Waals surface area contributed by atoms with Gasteiger partial charge in [-0.1, -0.05) is 16.4 Å².